The van der Waals surface area contributed by atoms with Crippen LogP contribution < -0.4 is 4.74 Å². The molecule has 6 aromatic rings. The molecule has 5 aromatic carbocycles. The standard InChI is InChI=1S/C43H39N3O/c1-41(2)26-42(3,4)35-24-30(19-21-32(35)41)39-44-38(29-16-12-15-28(23-29)27-13-8-7-9-14-27)45-40(46-39)31-20-22-34-37(25-31)47-36-18-11-10-17-33(36)43(34,5)6/h7-25H,26H2,1-6H3. The van der Waals surface area contributed by atoms with Crippen molar-refractivity contribution in [3.63, 3.8) is 0 Å². The van der Waals surface area contributed by atoms with Gasteiger partial charge in [-0.1, -0.05) is 133 Å². The van der Waals surface area contributed by atoms with E-state index in [4.69, 9.17) is 19.7 Å². The fourth-order valence-corrected chi connectivity index (χ4v) is 7.96. The third kappa shape index (κ3) is 4.95. The quantitative estimate of drug-likeness (QED) is 0.198. The van der Waals surface area contributed by atoms with Crippen molar-refractivity contribution in [3.05, 3.63) is 138 Å². The van der Waals surface area contributed by atoms with Crippen LogP contribution in [0.1, 0.15) is 70.2 Å². The molecule has 0 saturated heterocycles. The number of rotatable bonds is 4. The maximum atomic E-state index is 6.49. The molecule has 0 bridgehead atoms. The van der Waals surface area contributed by atoms with Crippen LogP contribution in [0.15, 0.2) is 115 Å². The smallest absolute Gasteiger partial charge is 0.164 e. The van der Waals surface area contributed by atoms with Gasteiger partial charge in [0.1, 0.15) is 11.5 Å². The highest BCUT2D eigenvalue weighted by atomic mass is 16.5. The Labute approximate surface area is 277 Å². The molecule has 0 saturated carbocycles. The topological polar surface area (TPSA) is 47.9 Å². The van der Waals surface area contributed by atoms with Crippen LogP contribution in [0.25, 0.3) is 45.3 Å². The molecule has 1 aromatic heterocycles. The van der Waals surface area contributed by atoms with Crippen LogP contribution in [0.3, 0.4) is 0 Å². The minimum atomic E-state index is -0.193. The number of fused-ring (bicyclic) bond motifs is 3. The van der Waals surface area contributed by atoms with Gasteiger partial charge in [0.2, 0.25) is 0 Å². The molecule has 1 aliphatic heterocycles. The van der Waals surface area contributed by atoms with Crippen molar-refractivity contribution in [1.82, 2.24) is 15.0 Å². The summed E-state index contributed by atoms with van der Waals surface area (Å²) in [6.07, 6.45) is 1.10. The van der Waals surface area contributed by atoms with E-state index in [1.54, 1.807) is 0 Å². The molecule has 2 heterocycles. The summed E-state index contributed by atoms with van der Waals surface area (Å²) in [5.41, 5.74) is 10.2. The molecule has 0 amide bonds. The molecule has 4 heteroatoms. The van der Waals surface area contributed by atoms with Gasteiger partial charge in [-0.3, -0.25) is 0 Å². The number of hydrogen-bond donors (Lipinski definition) is 0. The van der Waals surface area contributed by atoms with E-state index < -0.39 is 0 Å². The lowest BCUT2D eigenvalue weighted by atomic mass is 9.75. The van der Waals surface area contributed by atoms with Crippen LogP contribution in [0, 0.1) is 0 Å². The Balaban J connectivity index is 1.29. The SMILES string of the molecule is CC1(C)CC(C)(C)c2cc(-c3nc(-c4cccc(-c5ccccc5)c4)nc(-c4ccc5c(c4)Oc4ccccc4C5(C)C)n3)ccc21. The molecule has 47 heavy (non-hydrogen) atoms. The van der Waals surface area contributed by atoms with Crippen molar-refractivity contribution in [2.45, 2.75) is 64.2 Å². The second kappa shape index (κ2) is 10.5. The highest BCUT2D eigenvalue weighted by Crippen LogP contribution is 2.51. The summed E-state index contributed by atoms with van der Waals surface area (Å²) in [6, 6.07) is 40.3. The molecule has 1 aliphatic carbocycles. The third-order valence-electron chi connectivity index (χ3n) is 10.2. The van der Waals surface area contributed by atoms with Crippen molar-refractivity contribution < 1.29 is 4.74 Å². The van der Waals surface area contributed by atoms with Gasteiger partial charge in [-0.25, -0.2) is 15.0 Å². The van der Waals surface area contributed by atoms with E-state index in [-0.39, 0.29) is 16.2 Å². The summed E-state index contributed by atoms with van der Waals surface area (Å²) in [4.78, 5) is 15.4. The second-order valence-electron chi connectivity index (χ2n) is 14.9. The molecule has 0 atom stereocenters. The van der Waals surface area contributed by atoms with Crippen molar-refractivity contribution in [1.29, 1.82) is 0 Å². The summed E-state index contributed by atoms with van der Waals surface area (Å²) >= 11 is 0. The van der Waals surface area contributed by atoms with Crippen LogP contribution in [-0.4, -0.2) is 15.0 Å². The van der Waals surface area contributed by atoms with Crippen molar-refractivity contribution in [2.24, 2.45) is 0 Å². The van der Waals surface area contributed by atoms with Gasteiger partial charge < -0.3 is 4.74 Å². The average molecular weight is 614 g/mol. The predicted octanol–water partition coefficient (Wildman–Crippen LogP) is 10.9. The normalized spacial score (nSPS) is 16.5. The monoisotopic (exact) mass is 613 g/mol. The van der Waals surface area contributed by atoms with Gasteiger partial charge in [-0.2, -0.15) is 0 Å². The number of aromatic nitrogens is 3. The van der Waals surface area contributed by atoms with Gasteiger partial charge in [0.15, 0.2) is 17.5 Å². The molecule has 232 valence electrons. The molecule has 0 N–H and O–H groups in total. The molecule has 8 rings (SSSR count). The minimum Gasteiger partial charge on any atom is -0.457 e. The molecule has 0 spiro atoms. The van der Waals surface area contributed by atoms with Gasteiger partial charge in [0.25, 0.3) is 0 Å². The maximum absolute atomic E-state index is 6.49. The van der Waals surface area contributed by atoms with E-state index >= 15 is 0 Å². The Bertz CT molecular complexity index is 2180. The molecule has 4 nitrogen and oxygen atoms in total. The van der Waals surface area contributed by atoms with Gasteiger partial charge in [-0.15, -0.1) is 0 Å². The van der Waals surface area contributed by atoms with E-state index in [1.165, 1.54) is 16.7 Å². The lowest BCUT2D eigenvalue weighted by molar-refractivity contribution is 0.403. The predicted molar refractivity (Wildman–Crippen MR) is 191 cm³/mol. The highest BCUT2D eigenvalue weighted by molar-refractivity contribution is 5.74. The zero-order chi connectivity index (χ0) is 32.6. The lowest BCUT2D eigenvalue weighted by Gasteiger charge is -2.34. The average Bonchev–Trinajstić information content (AvgIpc) is 3.27. The Morgan fingerprint density at radius 1 is 0.426 bits per heavy atom. The van der Waals surface area contributed by atoms with Crippen molar-refractivity contribution in [3.8, 4) is 56.8 Å². The Kier molecular flexibility index (Phi) is 6.53. The van der Waals surface area contributed by atoms with E-state index in [9.17, 15) is 0 Å². The Morgan fingerprint density at radius 3 is 1.68 bits per heavy atom. The van der Waals surface area contributed by atoms with E-state index in [0.717, 1.165) is 51.3 Å². The molecular formula is C43H39N3O. The molecular weight excluding hydrogens is 574 g/mol. The highest BCUT2D eigenvalue weighted by Gasteiger charge is 2.42. The third-order valence-corrected chi connectivity index (χ3v) is 10.2. The molecule has 0 radical (unpaired) electrons. The summed E-state index contributed by atoms with van der Waals surface area (Å²) in [5, 5.41) is 0. The van der Waals surface area contributed by atoms with Gasteiger partial charge >= 0.3 is 0 Å². The van der Waals surface area contributed by atoms with Crippen molar-refractivity contribution >= 4 is 0 Å². The maximum Gasteiger partial charge on any atom is 0.164 e. The van der Waals surface area contributed by atoms with Gasteiger partial charge in [-0.05, 0) is 63.8 Å². The molecule has 2 aliphatic rings. The summed E-state index contributed by atoms with van der Waals surface area (Å²) in [7, 11) is 0. The van der Waals surface area contributed by atoms with E-state index in [2.05, 4.69) is 139 Å². The fourth-order valence-electron chi connectivity index (χ4n) is 7.96. The number of nitrogens with zero attached hydrogens (tertiary/aromatic N) is 3. The van der Waals surface area contributed by atoms with Gasteiger partial charge in [0, 0.05) is 33.2 Å². The summed E-state index contributed by atoms with van der Waals surface area (Å²) < 4.78 is 6.49. The van der Waals surface area contributed by atoms with Crippen LogP contribution in [-0.2, 0) is 16.2 Å². The number of benzene rings is 5. The number of para-hydroxylation sites is 1. The largest absolute Gasteiger partial charge is 0.457 e. The fraction of sp³-hybridized carbons (Fsp3) is 0.233. The zero-order valence-corrected chi connectivity index (χ0v) is 27.9. The summed E-state index contributed by atoms with van der Waals surface area (Å²) in [5.74, 6) is 3.66. The number of hydrogen-bond acceptors (Lipinski definition) is 4. The van der Waals surface area contributed by atoms with Crippen LogP contribution in [0.5, 0.6) is 11.5 Å². The molecule has 0 fully saturated rings. The van der Waals surface area contributed by atoms with E-state index in [0.29, 0.717) is 17.5 Å². The first-order valence-electron chi connectivity index (χ1n) is 16.5. The Hall–Kier alpha value is -5.09. The summed E-state index contributed by atoms with van der Waals surface area (Å²) in [6.45, 7) is 13.9. The van der Waals surface area contributed by atoms with Crippen molar-refractivity contribution in [2.75, 3.05) is 0 Å². The second-order valence-corrected chi connectivity index (χ2v) is 14.9. The minimum absolute atomic E-state index is 0.0659. The van der Waals surface area contributed by atoms with Crippen LogP contribution in [0.4, 0.5) is 0 Å². The number of ether oxygens (including phenoxy) is 1. The van der Waals surface area contributed by atoms with E-state index in [1.807, 2.05) is 18.2 Å². The van der Waals surface area contributed by atoms with Crippen LogP contribution >= 0.6 is 0 Å². The first kappa shape index (κ1) is 29.3. The lowest BCUT2D eigenvalue weighted by Crippen LogP contribution is -2.24. The van der Waals surface area contributed by atoms with Crippen LogP contribution in [0.2, 0.25) is 0 Å². The molecule has 0 unspecified atom stereocenters. The first-order chi connectivity index (χ1) is 22.5. The first-order valence-corrected chi connectivity index (χ1v) is 16.5. The zero-order valence-electron chi connectivity index (χ0n) is 27.9. The Morgan fingerprint density at radius 2 is 0.957 bits per heavy atom. The van der Waals surface area contributed by atoms with Gasteiger partial charge in [0.05, 0.1) is 0 Å².